The van der Waals surface area contributed by atoms with Crippen LogP contribution in [-0.4, -0.2) is 58.3 Å². The van der Waals surface area contributed by atoms with Crippen LogP contribution in [0.3, 0.4) is 0 Å². The number of nitrogens with zero attached hydrogens (tertiary/aromatic N) is 5. The first-order valence-electron chi connectivity index (χ1n) is 9.72. The molecule has 1 saturated heterocycles. The van der Waals surface area contributed by atoms with E-state index in [0.29, 0.717) is 44.2 Å². The van der Waals surface area contributed by atoms with Gasteiger partial charge in [0.2, 0.25) is 0 Å². The first-order chi connectivity index (χ1) is 14.2. The van der Waals surface area contributed by atoms with Crippen LogP contribution in [0.4, 0.5) is 16.3 Å². The van der Waals surface area contributed by atoms with Crippen molar-refractivity contribution < 1.29 is 9.53 Å². The highest BCUT2D eigenvalue weighted by Gasteiger charge is 2.23. The Labute approximate surface area is 169 Å². The largest absolute Gasteiger partial charge is 0.492 e. The van der Waals surface area contributed by atoms with Crippen molar-refractivity contribution in [1.29, 1.82) is 0 Å². The van der Waals surface area contributed by atoms with Crippen molar-refractivity contribution in [2.45, 2.75) is 6.92 Å². The number of para-hydroxylation sites is 2. The van der Waals surface area contributed by atoms with Crippen LogP contribution in [0.5, 0.6) is 5.75 Å². The predicted octanol–water partition coefficient (Wildman–Crippen LogP) is 3.02. The van der Waals surface area contributed by atoms with E-state index >= 15 is 0 Å². The van der Waals surface area contributed by atoms with Gasteiger partial charge in [-0.15, -0.1) is 0 Å². The second-order valence-corrected chi connectivity index (χ2v) is 6.66. The van der Waals surface area contributed by atoms with Crippen LogP contribution in [0.25, 0.3) is 5.82 Å². The van der Waals surface area contributed by atoms with Crippen LogP contribution < -0.4 is 15.0 Å². The van der Waals surface area contributed by atoms with Gasteiger partial charge in [-0.2, -0.15) is 0 Å². The molecule has 3 heterocycles. The minimum atomic E-state index is -0.118. The summed E-state index contributed by atoms with van der Waals surface area (Å²) in [5.41, 5.74) is 0.689. The molecule has 1 aliphatic heterocycles. The summed E-state index contributed by atoms with van der Waals surface area (Å²) in [5.74, 6) is 2.37. The van der Waals surface area contributed by atoms with E-state index in [1.165, 1.54) is 0 Å². The first kappa shape index (κ1) is 18.8. The zero-order valence-electron chi connectivity index (χ0n) is 16.4. The van der Waals surface area contributed by atoms with Crippen LogP contribution in [0.1, 0.15) is 6.92 Å². The standard InChI is InChI=1S/C21H24N6O2/c1-2-29-18-8-4-3-7-17(18)24-21(28)27-13-11-26(12-14-27)20-15-19(22-16-23-20)25-9-5-6-10-25/h3-10,15-16H,2,11-14H2,1H3,(H,24,28). The number of aromatic nitrogens is 3. The molecule has 2 amide bonds. The third kappa shape index (κ3) is 4.31. The fourth-order valence-electron chi connectivity index (χ4n) is 3.32. The molecule has 0 saturated carbocycles. The number of hydrogen-bond acceptors (Lipinski definition) is 5. The number of hydrogen-bond donors (Lipinski definition) is 1. The van der Waals surface area contributed by atoms with Gasteiger partial charge in [-0.25, -0.2) is 14.8 Å². The van der Waals surface area contributed by atoms with Gasteiger partial charge in [-0.05, 0) is 31.2 Å². The molecule has 4 rings (SSSR count). The second-order valence-electron chi connectivity index (χ2n) is 6.66. The van der Waals surface area contributed by atoms with Crippen molar-refractivity contribution in [2.24, 2.45) is 0 Å². The molecule has 0 unspecified atom stereocenters. The van der Waals surface area contributed by atoms with Gasteiger partial charge < -0.3 is 24.4 Å². The third-order valence-corrected chi connectivity index (χ3v) is 4.83. The van der Waals surface area contributed by atoms with Crippen LogP contribution in [0.15, 0.2) is 61.2 Å². The molecule has 0 bridgehead atoms. The predicted molar refractivity (Wildman–Crippen MR) is 112 cm³/mol. The average molecular weight is 392 g/mol. The molecule has 0 spiro atoms. The Morgan fingerprint density at radius 1 is 1.03 bits per heavy atom. The smallest absolute Gasteiger partial charge is 0.322 e. The molecular weight excluding hydrogens is 368 g/mol. The van der Waals surface area contributed by atoms with Gasteiger partial charge in [-0.3, -0.25) is 0 Å². The van der Waals surface area contributed by atoms with Crippen molar-refractivity contribution >= 4 is 17.5 Å². The Hall–Kier alpha value is -3.55. The highest BCUT2D eigenvalue weighted by molar-refractivity contribution is 5.91. The number of ether oxygens (including phenoxy) is 1. The molecular formula is C21H24N6O2. The quantitative estimate of drug-likeness (QED) is 0.722. The van der Waals surface area contributed by atoms with E-state index in [2.05, 4.69) is 20.2 Å². The van der Waals surface area contributed by atoms with Gasteiger partial charge in [0.1, 0.15) is 23.7 Å². The molecule has 3 aromatic rings. The van der Waals surface area contributed by atoms with Crippen LogP contribution in [0, 0.1) is 0 Å². The number of rotatable bonds is 5. The molecule has 1 aliphatic rings. The van der Waals surface area contributed by atoms with Gasteiger partial charge in [0.25, 0.3) is 0 Å². The van der Waals surface area contributed by atoms with Crippen molar-refractivity contribution in [2.75, 3.05) is 43.0 Å². The molecule has 0 atom stereocenters. The summed E-state index contributed by atoms with van der Waals surface area (Å²) in [6, 6.07) is 13.3. The maximum absolute atomic E-state index is 12.7. The Bertz CT molecular complexity index is 951. The van der Waals surface area contributed by atoms with Crippen LogP contribution in [0.2, 0.25) is 0 Å². The lowest BCUT2D eigenvalue weighted by Gasteiger charge is -2.35. The molecule has 2 aromatic heterocycles. The summed E-state index contributed by atoms with van der Waals surface area (Å²) < 4.78 is 7.53. The van der Waals surface area contributed by atoms with Crippen molar-refractivity contribution in [3.63, 3.8) is 0 Å². The Morgan fingerprint density at radius 2 is 1.76 bits per heavy atom. The molecule has 0 radical (unpaired) electrons. The average Bonchev–Trinajstić information content (AvgIpc) is 3.31. The number of amides is 2. The molecule has 1 N–H and O–H groups in total. The third-order valence-electron chi connectivity index (χ3n) is 4.83. The molecule has 8 heteroatoms. The lowest BCUT2D eigenvalue weighted by atomic mass is 10.3. The SMILES string of the molecule is CCOc1ccccc1NC(=O)N1CCN(c2cc(-n3cccc3)ncn2)CC1. The number of benzene rings is 1. The summed E-state index contributed by atoms with van der Waals surface area (Å²) in [6.07, 6.45) is 5.48. The minimum absolute atomic E-state index is 0.118. The molecule has 0 aliphatic carbocycles. The van der Waals surface area contributed by atoms with Gasteiger partial charge >= 0.3 is 6.03 Å². The van der Waals surface area contributed by atoms with Gasteiger partial charge in [-0.1, -0.05) is 12.1 Å². The zero-order valence-corrected chi connectivity index (χ0v) is 16.4. The van der Waals surface area contributed by atoms with Gasteiger partial charge in [0.15, 0.2) is 0 Å². The minimum Gasteiger partial charge on any atom is -0.492 e. The van der Waals surface area contributed by atoms with Crippen molar-refractivity contribution in [1.82, 2.24) is 19.4 Å². The molecule has 8 nitrogen and oxygen atoms in total. The number of anilines is 2. The van der Waals surface area contributed by atoms with E-state index in [1.54, 1.807) is 6.33 Å². The van der Waals surface area contributed by atoms with Gasteiger partial charge in [0, 0.05) is 44.6 Å². The highest BCUT2D eigenvalue weighted by Crippen LogP contribution is 2.24. The summed E-state index contributed by atoms with van der Waals surface area (Å²) in [7, 11) is 0. The van der Waals surface area contributed by atoms with E-state index in [0.717, 1.165) is 11.6 Å². The van der Waals surface area contributed by atoms with E-state index in [4.69, 9.17) is 4.74 Å². The van der Waals surface area contributed by atoms with Crippen LogP contribution in [-0.2, 0) is 0 Å². The fourth-order valence-corrected chi connectivity index (χ4v) is 3.32. The lowest BCUT2D eigenvalue weighted by molar-refractivity contribution is 0.208. The first-order valence-corrected chi connectivity index (χ1v) is 9.72. The van der Waals surface area contributed by atoms with Gasteiger partial charge in [0.05, 0.1) is 12.3 Å². The number of carbonyl (C=O) groups excluding carboxylic acids is 1. The molecule has 29 heavy (non-hydrogen) atoms. The Balaban J connectivity index is 1.37. The van der Waals surface area contributed by atoms with Crippen molar-refractivity contribution in [3.8, 4) is 11.6 Å². The zero-order chi connectivity index (χ0) is 20.1. The fraction of sp³-hybridized carbons (Fsp3) is 0.286. The summed E-state index contributed by atoms with van der Waals surface area (Å²) >= 11 is 0. The summed E-state index contributed by atoms with van der Waals surface area (Å²) in [4.78, 5) is 25.4. The van der Waals surface area contributed by atoms with E-state index in [1.807, 2.05) is 71.2 Å². The summed E-state index contributed by atoms with van der Waals surface area (Å²) in [6.45, 7) is 5.13. The number of carbonyl (C=O) groups is 1. The number of urea groups is 1. The molecule has 1 fully saturated rings. The maximum Gasteiger partial charge on any atom is 0.322 e. The van der Waals surface area contributed by atoms with E-state index in [-0.39, 0.29) is 6.03 Å². The van der Waals surface area contributed by atoms with E-state index < -0.39 is 0 Å². The Morgan fingerprint density at radius 3 is 2.52 bits per heavy atom. The molecule has 1 aromatic carbocycles. The summed E-state index contributed by atoms with van der Waals surface area (Å²) in [5, 5.41) is 2.96. The highest BCUT2D eigenvalue weighted by atomic mass is 16.5. The maximum atomic E-state index is 12.7. The topological polar surface area (TPSA) is 75.5 Å². The second kappa shape index (κ2) is 8.64. The Kier molecular flexibility index (Phi) is 5.60. The molecule has 150 valence electrons. The lowest BCUT2D eigenvalue weighted by Crippen LogP contribution is -2.50. The van der Waals surface area contributed by atoms with Crippen molar-refractivity contribution in [3.05, 3.63) is 61.2 Å². The number of piperazine rings is 1. The normalized spacial score (nSPS) is 14.0. The van der Waals surface area contributed by atoms with Crippen LogP contribution >= 0.6 is 0 Å². The van der Waals surface area contributed by atoms with E-state index in [9.17, 15) is 4.79 Å². The number of nitrogens with one attached hydrogen (secondary N) is 1. The monoisotopic (exact) mass is 392 g/mol.